The normalized spacial score (nSPS) is 12.4. The van der Waals surface area contributed by atoms with Crippen molar-refractivity contribution in [1.29, 1.82) is 0 Å². The van der Waals surface area contributed by atoms with Crippen LogP contribution in [0.3, 0.4) is 0 Å². The molecular formula is C16H12ClF3N6O2S2. The lowest BCUT2D eigenvalue weighted by atomic mass is 10.2. The molecule has 3 aromatic rings. The van der Waals surface area contributed by atoms with Gasteiger partial charge in [0.15, 0.2) is 5.13 Å². The highest BCUT2D eigenvalue weighted by Gasteiger charge is 2.34. The molecule has 3 aromatic heterocycles. The molecule has 0 aliphatic rings. The molecular weight excluding hydrogens is 465 g/mol. The average Bonchev–Trinajstić information content (AvgIpc) is 3.31. The molecule has 3 rings (SSSR count). The number of hydrogen-bond acceptors (Lipinski definition) is 8. The highest BCUT2D eigenvalue weighted by molar-refractivity contribution is 7.17. The number of nitrogens with two attached hydrogens (primary N) is 1. The molecule has 4 N–H and O–H groups in total. The van der Waals surface area contributed by atoms with Crippen molar-refractivity contribution in [2.45, 2.75) is 19.1 Å². The first kappa shape index (κ1) is 21.9. The molecule has 0 unspecified atom stereocenters. The molecule has 14 heteroatoms. The summed E-state index contributed by atoms with van der Waals surface area (Å²) >= 11 is 7.51. The number of thiazole rings is 2. The van der Waals surface area contributed by atoms with Crippen molar-refractivity contribution in [3.05, 3.63) is 50.0 Å². The van der Waals surface area contributed by atoms with Crippen molar-refractivity contribution in [2.75, 3.05) is 11.1 Å². The lowest BCUT2D eigenvalue weighted by Gasteiger charge is -2.10. The molecule has 0 bridgehead atoms. The zero-order valence-corrected chi connectivity index (χ0v) is 17.3. The zero-order chi connectivity index (χ0) is 22.1. The third-order valence-corrected chi connectivity index (χ3v) is 5.92. The van der Waals surface area contributed by atoms with E-state index in [2.05, 4.69) is 25.6 Å². The number of pyridine rings is 1. The van der Waals surface area contributed by atoms with Gasteiger partial charge in [0.2, 0.25) is 0 Å². The van der Waals surface area contributed by atoms with E-state index in [0.29, 0.717) is 16.0 Å². The summed E-state index contributed by atoms with van der Waals surface area (Å²) in [6, 6.07) is 0.115. The van der Waals surface area contributed by atoms with Gasteiger partial charge in [-0.25, -0.2) is 15.0 Å². The van der Waals surface area contributed by atoms with Gasteiger partial charge in [-0.2, -0.15) is 13.2 Å². The Kier molecular flexibility index (Phi) is 6.24. The molecule has 0 saturated heterocycles. The molecule has 2 amide bonds. The molecule has 0 aliphatic carbocycles. The van der Waals surface area contributed by atoms with Gasteiger partial charge in [-0.1, -0.05) is 22.9 Å². The third kappa shape index (κ3) is 5.04. The second-order valence-electron chi connectivity index (χ2n) is 5.82. The van der Waals surface area contributed by atoms with Crippen molar-refractivity contribution in [3.8, 4) is 0 Å². The maximum Gasteiger partial charge on any atom is 0.418 e. The molecule has 0 saturated carbocycles. The summed E-state index contributed by atoms with van der Waals surface area (Å²) in [6.45, 7) is 1.67. The van der Waals surface area contributed by atoms with Crippen LogP contribution in [0.1, 0.15) is 42.9 Å². The molecule has 3 heterocycles. The van der Waals surface area contributed by atoms with Gasteiger partial charge in [0.05, 0.1) is 29.0 Å². The predicted octanol–water partition coefficient (Wildman–Crippen LogP) is 3.99. The standard InChI is InChI=1S/C16H12ClF3N6O2S2/c1-6(25-12(27)10-5-24-15(21)30-10)14-23-4-9(29-14)13(28)26-11-2-7(16(18,19)20)8(17)3-22-11/h2-6H,1H3,(H2,21,24)(H,25,27)(H,22,26,28)/t6-/m1/s1. The lowest BCUT2D eigenvalue weighted by Crippen LogP contribution is -2.25. The van der Waals surface area contributed by atoms with Crippen LogP contribution < -0.4 is 16.4 Å². The van der Waals surface area contributed by atoms with Gasteiger partial charge in [-0.05, 0) is 13.0 Å². The highest BCUT2D eigenvalue weighted by atomic mass is 35.5. The number of halogens is 4. The molecule has 158 valence electrons. The molecule has 8 nitrogen and oxygen atoms in total. The van der Waals surface area contributed by atoms with Crippen molar-refractivity contribution >= 4 is 57.0 Å². The maximum atomic E-state index is 12.9. The van der Waals surface area contributed by atoms with Gasteiger partial charge >= 0.3 is 6.18 Å². The monoisotopic (exact) mass is 476 g/mol. The van der Waals surface area contributed by atoms with E-state index in [1.165, 1.54) is 12.4 Å². The number of anilines is 2. The van der Waals surface area contributed by atoms with Crippen LogP contribution >= 0.6 is 34.3 Å². The quantitative estimate of drug-likeness (QED) is 0.511. The number of carbonyl (C=O) groups is 2. The van der Waals surface area contributed by atoms with E-state index in [0.717, 1.165) is 28.9 Å². The van der Waals surface area contributed by atoms with Crippen LogP contribution in [0.2, 0.25) is 5.02 Å². The van der Waals surface area contributed by atoms with E-state index in [1.54, 1.807) is 6.92 Å². The Bertz CT molecular complexity index is 1100. The van der Waals surface area contributed by atoms with Crippen LogP contribution in [0.15, 0.2) is 24.7 Å². The fourth-order valence-corrected chi connectivity index (χ4v) is 3.83. The minimum Gasteiger partial charge on any atom is -0.375 e. The van der Waals surface area contributed by atoms with Gasteiger partial charge in [0, 0.05) is 6.20 Å². The molecule has 0 aliphatic heterocycles. The number of nitrogens with one attached hydrogen (secondary N) is 2. The van der Waals surface area contributed by atoms with Gasteiger partial charge in [0.1, 0.15) is 20.6 Å². The van der Waals surface area contributed by atoms with Crippen molar-refractivity contribution in [1.82, 2.24) is 20.3 Å². The number of aromatic nitrogens is 3. The molecule has 0 radical (unpaired) electrons. The Morgan fingerprint density at radius 2 is 1.77 bits per heavy atom. The molecule has 0 aromatic carbocycles. The number of alkyl halides is 3. The van der Waals surface area contributed by atoms with Crippen LogP contribution in [0, 0.1) is 0 Å². The second kappa shape index (κ2) is 8.53. The Balaban J connectivity index is 1.68. The smallest absolute Gasteiger partial charge is 0.375 e. The van der Waals surface area contributed by atoms with Crippen molar-refractivity contribution < 1.29 is 22.8 Å². The van der Waals surface area contributed by atoms with E-state index in [4.69, 9.17) is 17.3 Å². The minimum atomic E-state index is -4.69. The Hall–Kier alpha value is -2.77. The largest absolute Gasteiger partial charge is 0.418 e. The maximum absolute atomic E-state index is 12.9. The summed E-state index contributed by atoms with van der Waals surface area (Å²) in [5, 5.41) is 5.07. The Morgan fingerprint density at radius 1 is 1.10 bits per heavy atom. The van der Waals surface area contributed by atoms with Gasteiger partial charge in [-0.3, -0.25) is 9.59 Å². The summed E-state index contributed by atoms with van der Waals surface area (Å²) in [5.74, 6) is -1.41. The second-order valence-corrected chi connectivity index (χ2v) is 8.35. The first-order chi connectivity index (χ1) is 14.0. The number of nitrogens with zero attached hydrogens (tertiary/aromatic N) is 3. The van der Waals surface area contributed by atoms with E-state index in [-0.39, 0.29) is 15.8 Å². The Labute approximate surface area is 180 Å². The van der Waals surface area contributed by atoms with E-state index in [9.17, 15) is 22.8 Å². The summed E-state index contributed by atoms with van der Waals surface area (Å²) < 4.78 is 38.8. The molecule has 30 heavy (non-hydrogen) atoms. The highest BCUT2D eigenvalue weighted by Crippen LogP contribution is 2.35. The first-order valence-electron chi connectivity index (χ1n) is 8.06. The fourth-order valence-electron chi connectivity index (χ4n) is 2.22. The van der Waals surface area contributed by atoms with Gasteiger partial charge < -0.3 is 16.4 Å². The first-order valence-corrected chi connectivity index (χ1v) is 10.1. The van der Waals surface area contributed by atoms with Crippen LogP contribution in [0.4, 0.5) is 24.1 Å². The SMILES string of the molecule is C[C@@H](NC(=O)c1cnc(N)s1)c1ncc(C(=O)Nc2cc(C(F)(F)F)c(Cl)cn2)s1. The number of carbonyl (C=O) groups excluding carboxylic acids is 2. The molecule has 0 fully saturated rings. The van der Waals surface area contributed by atoms with Crippen molar-refractivity contribution in [2.24, 2.45) is 0 Å². The number of nitrogen functional groups attached to an aromatic ring is 1. The molecule has 1 atom stereocenters. The van der Waals surface area contributed by atoms with E-state index < -0.39 is 34.6 Å². The third-order valence-electron chi connectivity index (χ3n) is 3.62. The Morgan fingerprint density at radius 3 is 2.40 bits per heavy atom. The van der Waals surface area contributed by atoms with Gasteiger partial charge in [0.25, 0.3) is 11.8 Å². The van der Waals surface area contributed by atoms with Crippen molar-refractivity contribution in [3.63, 3.8) is 0 Å². The number of rotatable bonds is 5. The van der Waals surface area contributed by atoms with Crippen LogP contribution in [0.25, 0.3) is 0 Å². The minimum absolute atomic E-state index is 0.124. The zero-order valence-electron chi connectivity index (χ0n) is 15.0. The number of amides is 2. The van der Waals surface area contributed by atoms with Crippen LogP contribution in [-0.2, 0) is 6.18 Å². The van der Waals surface area contributed by atoms with E-state index in [1.807, 2.05) is 0 Å². The lowest BCUT2D eigenvalue weighted by molar-refractivity contribution is -0.137. The molecule has 0 spiro atoms. The summed E-state index contributed by atoms with van der Waals surface area (Å²) in [7, 11) is 0. The summed E-state index contributed by atoms with van der Waals surface area (Å²) in [5.41, 5.74) is 4.39. The van der Waals surface area contributed by atoms with Crippen LogP contribution in [0.5, 0.6) is 0 Å². The topological polar surface area (TPSA) is 123 Å². The predicted molar refractivity (Wildman–Crippen MR) is 107 cm³/mol. The fraction of sp³-hybridized carbons (Fsp3) is 0.188. The van der Waals surface area contributed by atoms with E-state index >= 15 is 0 Å². The van der Waals surface area contributed by atoms with Crippen LogP contribution in [-0.4, -0.2) is 26.8 Å². The number of hydrogen-bond donors (Lipinski definition) is 3. The summed E-state index contributed by atoms with van der Waals surface area (Å²) in [6.07, 6.45) is -1.28. The summed E-state index contributed by atoms with van der Waals surface area (Å²) in [4.78, 5) is 36.5. The average molecular weight is 477 g/mol. The van der Waals surface area contributed by atoms with Gasteiger partial charge in [-0.15, -0.1) is 11.3 Å².